The number of rotatable bonds is 6. The first-order valence-electron chi connectivity index (χ1n) is 7.76. The van der Waals surface area contributed by atoms with Crippen molar-refractivity contribution in [3.05, 3.63) is 57.1 Å². The molecule has 0 heterocycles. The van der Waals surface area contributed by atoms with E-state index in [0.717, 1.165) is 22.4 Å². The SMILES string of the molecule is COc1ccc([N+](=O)[O-])cc1NCC(=O)Nc1c(C)cc(C)cc1C. The van der Waals surface area contributed by atoms with Gasteiger partial charge in [0.1, 0.15) is 5.75 Å². The molecule has 2 aromatic carbocycles. The quantitative estimate of drug-likeness (QED) is 0.618. The van der Waals surface area contributed by atoms with E-state index in [1.54, 1.807) is 0 Å². The van der Waals surface area contributed by atoms with E-state index in [1.807, 2.05) is 32.9 Å². The minimum atomic E-state index is -0.496. The van der Waals surface area contributed by atoms with E-state index in [0.29, 0.717) is 11.4 Å². The van der Waals surface area contributed by atoms with Crippen molar-refractivity contribution in [3.63, 3.8) is 0 Å². The maximum Gasteiger partial charge on any atom is 0.271 e. The van der Waals surface area contributed by atoms with E-state index < -0.39 is 4.92 Å². The van der Waals surface area contributed by atoms with Crippen LogP contribution < -0.4 is 15.4 Å². The molecule has 2 rings (SSSR count). The van der Waals surface area contributed by atoms with Crippen LogP contribution in [-0.4, -0.2) is 24.5 Å². The molecule has 0 saturated carbocycles. The first kappa shape index (κ1) is 18.3. The summed E-state index contributed by atoms with van der Waals surface area (Å²) in [6.07, 6.45) is 0. The van der Waals surface area contributed by atoms with Gasteiger partial charge in [0.2, 0.25) is 5.91 Å². The van der Waals surface area contributed by atoms with Gasteiger partial charge in [-0.1, -0.05) is 17.7 Å². The molecular weight excluding hydrogens is 322 g/mol. The number of amides is 1. The van der Waals surface area contributed by atoms with Crippen LogP contribution in [0.4, 0.5) is 17.1 Å². The monoisotopic (exact) mass is 343 g/mol. The van der Waals surface area contributed by atoms with Gasteiger partial charge in [0.15, 0.2) is 0 Å². The molecule has 0 saturated heterocycles. The van der Waals surface area contributed by atoms with Gasteiger partial charge in [-0.15, -0.1) is 0 Å². The van der Waals surface area contributed by atoms with Crippen molar-refractivity contribution in [1.82, 2.24) is 0 Å². The summed E-state index contributed by atoms with van der Waals surface area (Å²) in [5.74, 6) is 0.185. The van der Waals surface area contributed by atoms with E-state index in [9.17, 15) is 14.9 Å². The molecule has 25 heavy (non-hydrogen) atoms. The third kappa shape index (κ3) is 4.47. The van der Waals surface area contributed by atoms with Crippen LogP contribution in [0.3, 0.4) is 0 Å². The van der Waals surface area contributed by atoms with Gasteiger partial charge in [0, 0.05) is 17.8 Å². The number of ether oxygens (including phenoxy) is 1. The highest BCUT2D eigenvalue weighted by Gasteiger charge is 2.13. The molecule has 1 amide bonds. The summed E-state index contributed by atoms with van der Waals surface area (Å²) < 4.78 is 5.17. The highest BCUT2D eigenvalue weighted by Crippen LogP contribution is 2.28. The van der Waals surface area contributed by atoms with Crippen LogP contribution >= 0.6 is 0 Å². The first-order valence-corrected chi connectivity index (χ1v) is 7.76. The van der Waals surface area contributed by atoms with Crippen molar-refractivity contribution in [2.45, 2.75) is 20.8 Å². The highest BCUT2D eigenvalue weighted by molar-refractivity contribution is 5.95. The number of hydrogen-bond acceptors (Lipinski definition) is 5. The number of nitrogens with one attached hydrogen (secondary N) is 2. The molecule has 0 unspecified atom stereocenters. The molecule has 7 heteroatoms. The van der Waals surface area contributed by atoms with Crippen LogP contribution in [-0.2, 0) is 4.79 Å². The van der Waals surface area contributed by atoms with Gasteiger partial charge in [-0.05, 0) is 38.0 Å². The summed E-state index contributed by atoms with van der Waals surface area (Å²) in [6, 6.07) is 8.18. The minimum Gasteiger partial charge on any atom is -0.495 e. The van der Waals surface area contributed by atoms with E-state index in [1.165, 1.54) is 25.3 Å². The number of nitrogens with zero attached hydrogens (tertiary/aromatic N) is 1. The Morgan fingerprint density at radius 3 is 2.36 bits per heavy atom. The Morgan fingerprint density at radius 2 is 1.80 bits per heavy atom. The third-order valence-electron chi connectivity index (χ3n) is 3.77. The number of methoxy groups -OCH3 is 1. The topological polar surface area (TPSA) is 93.5 Å². The minimum absolute atomic E-state index is 0.0374. The number of aryl methyl sites for hydroxylation is 3. The molecule has 0 spiro atoms. The lowest BCUT2D eigenvalue weighted by atomic mass is 10.1. The van der Waals surface area contributed by atoms with Crippen LogP contribution in [0.1, 0.15) is 16.7 Å². The maximum absolute atomic E-state index is 12.2. The van der Waals surface area contributed by atoms with Crippen molar-refractivity contribution in [2.24, 2.45) is 0 Å². The van der Waals surface area contributed by atoms with Crippen molar-refractivity contribution in [3.8, 4) is 5.75 Å². The fourth-order valence-corrected chi connectivity index (χ4v) is 2.68. The predicted octanol–water partition coefficient (Wildman–Crippen LogP) is 3.58. The summed E-state index contributed by atoms with van der Waals surface area (Å²) in [4.78, 5) is 22.6. The molecule has 0 aromatic heterocycles. The smallest absolute Gasteiger partial charge is 0.271 e. The van der Waals surface area contributed by atoms with Crippen molar-refractivity contribution in [2.75, 3.05) is 24.3 Å². The third-order valence-corrected chi connectivity index (χ3v) is 3.77. The molecule has 7 nitrogen and oxygen atoms in total. The van der Waals surface area contributed by atoms with Gasteiger partial charge in [-0.3, -0.25) is 14.9 Å². The van der Waals surface area contributed by atoms with E-state index in [4.69, 9.17) is 4.74 Å². The van der Waals surface area contributed by atoms with Gasteiger partial charge < -0.3 is 15.4 Å². The number of nitro groups is 1. The fraction of sp³-hybridized carbons (Fsp3) is 0.278. The second-order valence-electron chi connectivity index (χ2n) is 5.82. The molecule has 132 valence electrons. The molecule has 0 atom stereocenters. The van der Waals surface area contributed by atoms with Crippen LogP contribution in [0.2, 0.25) is 0 Å². The summed E-state index contributed by atoms with van der Waals surface area (Å²) in [5, 5.41) is 16.7. The number of carbonyl (C=O) groups is 1. The average molecular weight is 343 g/mol. The maximum atomic E-state index is 12.2. The standard InChI is InChI=1S/C18H21N3O4/c1-11-7-12(2)18(13(3)8-11)20-17(22)10-19-15-9-14(21(23)24)5-6-16(15)25-4/h5-9,19H,10H2,1-4H3,(H,20,22). The summed E-state index contributed by atoms with van der Waals surface area (Å²) in [6.45, 7) is 5.84. The number of non-ortho nitro benzene ring substituents is 1. The summed E-state index contributed by atoms with van der Waals surface area (Å²) in [5.41, 5.74) is 4.20. The Bertz CT molecular complexity index is 795. The molecule has 0 radical (unpaired) electrons. The fourth-order valence-electron chi connectivity index (χ4n) is 2.68. The molecule has 0 aliphatic heterocycles. The normalized spacial score (nSPS) is 10.2. The molecule has 0 fully saturated rings. The van der Waals surface area contributed by atoms with Gasteiger partial charge >= 0.3 is 0 Å². The van der Waals surface area contributed by atoms with Crippen molar-refractivity contribution < 1.29 is 14.5 Å². The van der Waals surface area contributed by atoms with E-state index in [2.05, 4.69) is 10.6 Å². The zero-order chi connectivity index (χ0) is 18.6. The molecular formula is C18H21N3O4. The van der Waals surface area contributed by atoms with Gasteiger partial charge in [-0.25, -0.2) is 0 Å². The summed E-state index contributed by atoms with van der Waals surface area (Å²) in [7, 11) is 1.46. The van der Waals surface area contributed by atoms with Crippen molar-refractivity contribution in [1.29, 1.82) is 0 Å². The first-order chi connectivity index (χ1) is 11.8. The van der Waals surface area contributed by atoms with Gasteiger partial charge in [-0.2, -0.15) is 0 Å². The summed E-state index contributed by atoms with van der Waals surface area (Å²) >= 11 is 0. The van der Waals surface area contributed by atoms with E-state index >= 15 is 0 Å². The molecule has 0 bridgehead atoms. The van der Waals surface area contributed by atoms with Crippen molar-refractivity contribution >= 4 is 23.0 Å². The number of benzene rings is 2. The Balaban J connectivity index is 2.10. The molecule has 2 aromatic rings. The molecule has 2 N–H and O–H groups in total. The van der Waals surface area contributed by atoms with Gasteiger partial charge in [0.25, 0.3) is 5.69 Å². The highest BCUT2D eigenvalue weighted by atomic mass is 16.6. The number of anilines is 2. The van der Waals surface area contributed by atoms with Crippen LogP contribution in [0.15, 0.2) is 30.3 Å². The lowest BCUT2D eigenvalue weighted by Gasteiger charge is -2.14. The Hall–Kier alpha value is -3.09. The largest absolute Gasteiger partial charge is 0.495 e. The number of carbonyl (C=O) groups excluding carboxylic acids is 1. The Morgan fingerprint density at radius 1 is 1.16 bits per heavy atom. The lowest BCUT2D eigenvalue weighted by molar-refractivity contribution is -0.384. The predicted molar refractivity (Wildman–Crippen MR) is 97.4 cm³/mol. The average Bonchev–Trinajstić information content (AvgIpc) is 2.55. The second-order valence-corrected chi connectivity index (χ2v) is 5.82. The van der Waals surface area contributed by atoms with E-state index in [-0.39, 0.29) is 18.1 Å². The van der Waals surface area contributed by atoms with Crippen LogP contribution in [0, 0.1) is 30.9 Å². The second kappa shape index (κ2) is 7.65. The van der Waals surface area contributed by atoms with Gasteiger partial charge in [0.05, 0.1) is 24.3 Å². The van der Waals surface area contributed by atoms with Crippen LogP contribution in [0.5, 0.6) is 5.75 Å². The molecule has 0 aliphatic carbocycles. The van der Waals surface area contributed by atoms with Crippen LogP contribution in [0.25, 0.3) is 0 Å². The zero-order valence-corrected chi connectivity index (χ0v) is 14.7. The zero-order valence-electron chi connectivity index (χ0n) is 14.7. The number of hydrogen-bond donors (Lipinski definition) is 2. The lowest BCUT2D eigenvalue weighted by Crippen LogP contribution is -2.23. The Labute approximate surface area is 146 Å². The Kier molecular flexibility index (Phi) is 5.59. The molecule has 0 aliphatic rings. The number of nitro benzene ring substituents is 1.